The Balaban J connectivity index is 0.00000392. The molecule has 0 bridgehead atoms. The van der Waals surface area contributed by atoms with Crippen LogP contribution in [0.4, 0.5) is 0 Å². The molecular formula is C19H24ClN3O4S. The van der Waals surface area contributed by atoms with E-state index in [0.717, 1.165) is 17.4 Å². The predicted octanol–water partition coefficient (Wildman–Crippen LogP) is 1.10. The van der Waals surface area contributed by atoms with Crippen LogP contribution in [0, 0.1) is 6.92 Å². The summed E-state index contributed by atoms with van der Waals surface area (Å²) in [5.41, 5.74) is 7.69. The van der Waals surface area contributed by atoms with E-state index < -0.39 is 27.7 Å². The molecule has 4 N–H and O–H groups in total. The largest absolute Gasteiger partial charge is 0.346 e. The Bertz CT molecular complexity index is 930. The van der Waals surface area contributed by atoms with E-state index in [2.05, 4.69) is 10.6 Å². The van der Waals surface area contributed by atoms with E-state index in [-0.39, 0.29) is 30.4 Å². The van der Waals surface area contributed by atoms with Crippen molar-refractivity contribution in [2.24, 2.45) is 5.73 Å². The molecule has 1 unspecified atom stereocenters. The van der Waals surface area contributed by atoms with Crippen molar-refractivity contribution in [3.63, 3.8) is 0 Å². The number of hydrogen-bond acceptors (Lipinski definition) is 5. The van der Waals surface area contributed by atoms with Crippen molar-refractivity contribution in [3.05, 3.63) is 65.2 Å². The Morgan fingerprint density at radius 3 is 2.25 bits per heavy atom. The van der Waals surface area contributed by atoms with Gasteiger partial charge in [0.25, 0.3) is 0 Å². The van der Waals surface area contributed by atoms with Gasteiger partial charge in [-0.05, 0) is 30.2 Å². The molecular weight excluding hydrogens is 402 g/mol. The van der Waals surface area contributed by atoms with Crippen LogP contribution >= 0.6 is 12.4 Å². The topological polar surface area (TPSA) is 118 Å². The summed E-state index contributed by atoms with van der Waals surface area (Å²) >= 11 is 0. The van der Waals surface area contributed by atoms with E-state index in [1.807, 2.05) is 31.2 Å². The van der Waals surface area contributed by atoms with Gasteiger partial charge in [0.2, 0.25) is 11.8 Å². The number of carbonyl (C=O) groups excluding carboxylic acids is 2. The van der Waals surface area contributed by atoms with Crippen molar-refractivity contribution in [1.82, 2.24) is 10.6 Å². The zero-order valence-corrected chi connectivity index (χ0v) is 17.3. The molecule has 0 aliphatic heterocycles. The second-order valence-corrected chi connectivity index (χ2v) is 8.25. The van der Waals surface area contributed by atoms with E-state index in [1.54, 1.807) is 18.2 Å². The number of carbonyl (C=O) groups is 2. The Kier molecular flexibility index (Phi) is 8.62. The first kappa shape index (κ1) is 23.6. The lowest BCUT2D eigenvalue weighted by molar-refractivity contribution is -0.125. The van der Waals surface area contributed by atoms with Crippen molar-refractivity contribution in [2.75, 3.05) is 19.3 Å². The zero-order valence-electron chi connectivity index (χ0n) is 15.6. The highest BCUT2D eigenvalue weighted by molar-refractivity contribution is 7.90. The fourth-order valence-corrected chi connectivity index (χ4v) is 3.18. The molecule has 0 aromatic heterocycles. The Morgan fingerprint density at radius 2 is 1.68 bits per heavy atom. The van der Waals surface area contributed by atoms with Gasteiger partial charge in [-0.2, -0.15) is 0 Å². The summed E-state index contributed by atoms with van der Waals surface area (Å²) in [6, 6.07) is 13.4. The molecule has 0 spiro atoms. The van der Waals surface area contributed by atoms with Gasteiger partial charge in [-0.1, -0.05) is 42.0 Å². The SMILES string of the molecule is Cc1ccc(C(NC(=O)CNC(=O)CN)c2cccc(S(C)(=O)=O)c2)cc1.Cl. The smallest absolute Gasteiger partial charge is 0.240 e. The molecule has 0 aliphatic carbocycles. The van der Waals surface area contributed by atoms with E-state index in [4.69, 9.17) is 5.73 Å². The number of benzene rings is 2. The summed E-state index contributed by atoms with van der Waals surface area (Å²) in [6.07, 6.45) is 1.13. The highest BCUT2D eigenvalue weighted by Gasteiger charge is 2.19. The highest BCUT2D eigenvalue weighted by Crippen LogP contribution is 2.24. The maximum absolute atomic E-state index is 12.3. The summed E-state index contributed by atoms with van der Waals surface area (Å²) in [5, 5.41) is 5.25. The van der Waals surface area contributed by atoms with Gasteiger partial charge < -0.3 is 16.4 Å². The van der Waals surface area contributed by atoms with Crippen LogP contribution in [0.15, 0.2) is 53.4 Å². The first-order valence-corrected chi connectivity index (χ1v) is 10.2. The average molecular weight is 426 g/mol. The Morgan fingerprint density at radius 1 is 1.04 bits per heavy atom. The molecule has 0 aliphatic rings. The Labute approximate surface area is 171 Å². The fourth-order valence-electron chi connectivity index (χ4n) is 2.51. The molecule has 0 saturated carbocycles. The fraction of sp³-hybridized carbons (Fsp3) is 0.263. The van der Waals surface area contributed by atoms with Crippen molar-refractivity contribution >= 4 is 34.1 Å². The molecule has 1 atom stereocenters. The zero-order chi connectivity index (χ0) is 20.0. The van der Waals surface area contributed by atoms with Crippen LogP contribution in [0.1, 0.15) is 22.7 Å². The first-order chi connectivity index (χ1) is 12.7. The van der Waals surface area contributed by atoms with Crippen molar-refractivity contribution < 1.29 is 18.0 Å². The third kappa shape index (κ3) is 6.63. The minimum Gasteiger partial charge on any atom is -0.346 e. The normalized spacial score (nSPS) is 11.8. The van der Waals surface area contributed by atoms with Gasteiger partial charge in [-0.15, -0.1) is 12.4 Å². The van der Waals surface area contributed by atoms with Crippen LogP contribution in [-0.4, -0.2) is 39.6 Å². The standard InChI is InChI=1S/C19H23N3O4S.ClH/c1-13-6-8-14(9-7-13)19(22-18(24)12-21-17(23)11-20)15-4-3-5-16(10-15)27(2,25)26;/h3-10,19H,11-12,20H2,1-2H3,(H,21,23)(H,22,24);1H. The molecule has 28 heavy (non-hydrogen) atoms. The minimum absolute atomic E-state index is 0. The summed E-state index contributed by atoms with van der Waals surface area (Å²) in [4.78, 5) is 23.7. The van der Waals surface area contributed by atoms with Crippen molar-refractivity contribution in [3.8, 4) is 0 Å². The molecule has 2 amide bonds. The van der Waals surface area contributed by atoms with E-state index in [9.17, 15) is 18.0 Å². The Hall–Kier alpha value is -2.42. The van der Waals surface area contributed by atoms with Crippen LogP contribution in [0.5, 0.6) is 0 Å². The van der Waals surface area contributed by atoms with E-state index >= 15 is 0 Å². The minimum atomic E-state index is -3.38. The number of sulfone groups is 1. The monoisotopic (exact) mass is 425 g/mol. The molecule has 0 radical (unpaired) electrons. The lowest BCUT2D eigenvalue weighted by Gasteiger charge is -2.21. The van der Waals surface area contributed by atoms with Gasteiger partial charge in [0, 0.05) is 6.26 Å². The van der Waals surface area contributed by atoms with Crippen molar-refractivity contribution in [2.45, 2.75) is 17.9 Å². The number of aryl methyl sites for hydroxylation is 1. The van der Waals surface area contributed by atoms with E-state index in [0.29, 0.717) is 5.56 Å². The maximum atomic E-state index is 12.3. The number of hydrogen-bond donors (Lipinski definition) is 3. The van der Waals surface area contributed by atoms with Gasteiger partial charge in [0.1, 0.15) is 0 Å². The molecule has 152 valence electrons. The number of nitrogens with one attached hydrogen (secondary N) is 2. The molecule has 2 aromatic rings. The van der Waals surface area contributed by atoms with Gasteiger partial charge in [-0.25, -0.2) is 8.42 Å². The second kappa shape index (κ2) is 10.2. The van der Waals surface area contributed by atoms with Crippen LogP contribution in [0.3, 0.4) is 0 Å². The van der Waals surface area contributed by atoms with Gasteiger partial charge in [0.05, 0.1) is 24.0 Å². The second-order valence-electron chi connectivity index (χ2n) is 6.24. The van der Waals surface area contributed by atoms with Crippen LogP contribution in [-0.2, 0) is 19.4 Å². The first-order valence-electron chi connectivity index (χ1n) is 8.33. The molecule has 0 saturated heterocycles. The molecule has 0 fully saturated rings. The van der Waals surface area contributed by atoms with Crippen LogP contribution in [0.2, 0.25) is 0 Å². The lowest BCUT2D eigenvalue weighted by Crippen LogP contribution is -2.41. The van der Waals surface area contributed by atoms with Crippen LogP contribution < -0.4 is 16.4 Å². The number of nitrogens with two attached hydrogens (primary N) is 1. The molecule has 2 rings (SSSR count). The molecule has 0 heterocycles. The summed E-state index contributed by atoms with van der Waals surface area (Å²) in [5.74, 6) is -0.844. The quantitative estimate of drug-likeness (QED) is 0.613. The number of rotatable bonds is 7. The summed E-state index contributed by atoms with van der Waals surface area (Å²) < 4.78 is 23.7. The highest BCUT2D eigenvalue weighted by atomic mass is 35.5. The van der Waals surface area contributed by atoms with Crippen LogP contribution in [0.25, 0.3) is 0 Å². The number of halogens is 1. The van der Waals surface area contributed by atoms with E-state index in [1.165, 1.54) is 6.07 Å². The van der Waals surface area contributed by atoms with Gasteiger partial charge >= 0.3 is 0 Å². The summed E-state index contributed by atoms with van der Waals surface area (Å²) in [7, 11) is -3.38. The summed E-state index contributed by atoms with van der Waals surface area (Å²) in [6.45, 7) is 1.53. The third-order valence-electron chi connectivity index (χ3n) is 3.97. The number of amides is 2. The molecule has 9 heteroatoms. The molecule has 2 aromatic carbocycles. The lowest BCUT2D eigenvalue weighted by atomic mass is 9.97. The van der Waals surface area contributed by atoms with Gasteiger partial charge in [-0.3, -0.25) is 9.59 Å². The predicted molar refractivity (Wildman–Crippen MR) is 110 cm³/mol. The maximum Gasteiger partial charge on any atom is 0.240 e. The average Bonchev–Trinajstić information content (AvgIpc) is 2.64. The third-order valence-corrected chi connectivity index (χ3v) is 5.08. The van der Waals surface area contributed by atoms with Gasteiger partial charge in [0.15, 0.2) is 9.84 Å². The molecule has 7 nitrogen and oxygen atoms in total. The van der Waals surface area contributed by atoms with Crippen molar-refractivity contribution in [1.29, 1.82) is 0 Å².